The van der Waals surface area contributed by atoms with E-state index in [0.29, 0.717) is 11.8 Å². The van der Waals surface area contributed by atoms with Gasteiger partial charge >= 0.3 is 0 Å². The number of hydrogen-bond donors (Lipinski definition) is 0. The average molecular weight is 415 g/mol. The summed E-state index contributed by atoms with van der Waals surface area (Å²) in [5.74, 6) is 7.34. The van der Waals surface area contributed by atoms with Crippen LogP contribution in [0.1, 0.15) is 121 Å². The van der Waals surface area contributed by atoms with Crippen molar-refractivity contribution in [3.8, 4) is 11.8 Å². The highest BCUT2D eigenvalue weighted by molar-refractivity contribution is 5.40. The Bertz CT molecular complexity index is 687. The lowest BCUT2D eigenvalue weighted by atomic mass is 9.77. The van der Waals surface area contributed by atoms with E-state index in [9.17, 15) is 8.78 Å². The number of halogens is 2. The fourth-order valence-electron chi connectivity index (χ4n) is 5.49. The topological polar surface area (TPSA) is 0 Å². The van der Waals surface area contributed by atoms with Gasteiger partial charge in [0.05, 0.1) is 5.56 Å². The molecule has 0 nitrogen and oxygen atoms in total. The summed E-state index contributed by atoms with van der Waals surface area (Å²) in [7, 11) is 0. The number of rotatable bonds is 7. The lowest BCUT2D eigenvalue weighted by Crippen LogP contribution is -2.14. The minimum absolute atomic E-state index is 0.0245. The quantitative estimate of drug-likeness (QED) is 0.391. The summed E-state index contributed by atoms with van der Waals surface area (Å²) in [5.41, 5.74) is 0.810. The van der Waals surface area contributed by atoms with Gasteiger partial charge in [-0.1, -0.05) is 64.2 Å². The standard InChI is InChI=1S/C28H40F2/c1-3-5-7-21-9-11-23(12-10-21)15-18-26-27(29)19-25(20-28(26)30)24-16-13-22(14-17-24)8-6-4-2/h19-24H,3-14,16-17H2,1-2H3/t21?,22-,23?,24-. The minimum Gasteiger partial charge on any atom is -0.206 e. The lowest BCUT2D eigenvalue weighted by molar-refractivity contribution is 0.296. The highest BCUT2D eigenvalue weighted by Gasteiger charge is 2.24. The third kappa shape index (κ3) is 6.57. The summed E-state index contributed by atoms with van der Waals surface area (Å²) < 4.78 is 29.4. The Morgan fingerprint density at radius 2 is 1.27 bits per heavy atom. The summed E-state index contributed by atoms with van der Waals surface area (Å²) in [5, 5.41) is 0. The third-order valence-corrected chi connectivity index (χ3v) is 7.56. The molecular formula is C28H40F2. The number of hydrogen-bond acceptors (Lipinski definition) is 0. The Labute approximate surface area is 183 Å². The Hall–Kier alpha value is -1.36. The molecule has 1 aromatic rings. The smallest absolute Gasteiger partial charge is 0.142 e. The highest BCUT2D eigenvalue weighted by Crippen LogP contribution is 2.38. The average Bonchev–Trinajstić information content (AvgIpc) is 2.76. The van der Waals surface area contributed by atoms with Crippen LogP contribution < -0.4 is 0 Å². The number of unbranched alkanes of at least 4 members (excludes halogenated alkanes) is 2. The first-order chi connectivity index (χ1) is 14.6. The molecule has 0 N–H and O–H groups in total. The molecule has 0 amide bonds. The number of benzene rings is 1. The summed E-state index contributed by atoms with van der Waals surface area (Å²) in [6, 6.07) is 3.12. The van der Waals surface area contributed by atoms with Gasteiger partial charge in [0.2, 0.25) is 0 Å². The Kier molecular flexibility index (Phi) is 9.23. The predicted octanol–water partition coefficient (Wildman–Crippen LogP) is 8.78. The van der Waals surface area contributed by atoms with Gasteiger partial charge in [0.25, 0.3) is 0 Å². The van der Waals surface area contributed by atoms with E-state index < -0.39 is 11.6 Å². The first-order valence-corrected chi connectivity index (χ1v) is 12.6. The van der Waals surface area contributed by atoms with E-state index in [4.69, 9.17) is 0 Å². The van der Waals surface area contributed by atoms with Crippen LogP contribution in [0.15, 0.2) is 12.1 Å². The van der Waals surface area contributed by atoms with Crippen molar-refractivity contribution in [1.82, 2.24) is 0 Å². The minimum atomic E-state index is -0.470. The van der Waals surface area contributed by atoms with Crippen LogP contribution in [-0.4, -0.2) is 0 Å². The summed E-state index contributed by atoms with van der Waals surface area (Å²) in [6.45, 7) is 4.48. The second kappa shape index (κ2) is 11.9. The maximum atomic E-state index is 14.7. The molecule has 3 rings (SSSR count). The fourth-order valence-corrected chi connectivity index (χ4v) is 5.49. The first-order valence-electron chi connectivity index (χ1n) is 12.6. The van der Waals surface area contributed by atoms with Crippen molar-refractivity contribution < 1.29 is 8.78 Å². The molecule has 2 aliphatic rings. The van der Waals surface area contributed by atoms with Gasteiger partial charge in [0.1, 0.15) is 11.6 Å². The molecule has 0 atom stereocenters. The fraction of sp³-hybridized carbons (Fsp3) is 0.714. The lowest BCUT2D eigenvalue weighted by Gasteiger charge is -2.29. The van der Waals surface area contributed by atoms with E-state index in [1.165, 1.54) is 64.2 Å². The van der Waals surface area contributed by atoms with Crippen molar-refractivity contribution in [3.05, 3.63) is 34.9 Å². The maximum absolute atomic E-state index is 14.7. The molecule has 2 fully saturated rings. The largest absolute Gasteiger partial charge is 0.206 e. The summed E-state index contributed by atoms with van der Waals surface area (Å²) >= 11 is 0. The highest BCUT2D eigenvalue weighted by atomic mass is 19.1. The van der Waals surface area contributed by atoms with Crippen molar-refractivity contribution in [2.75, 3.05) is 0 Å². The zero-order chi connectivity index (χ0) is 21.3. The maximum Gasteiger partial charge on any atom is 0.142 e. The zero-order valence-electron chi connectivity index (χ0n) is 19.1. The van der Waals surface area contributed by atoms with Gasteiger partial charge < -0.3 is 0 Å². The van der Waals surface area contributed by atoms with Crippen LogP contribution >= 0.6 is 0 Å². The van der Waals surface area contributed by atoms with Gasteiger partial charge in [-0.3, -0.25) is 0 Å². The van der Waals surface area contributed by atoms with Gasteiger partial charge in [-0.2, -0.15) is 0 Å². The van der Waals surface area contributed by atoms with Crippen molar-refractivity contribution >= 4 is 0 Å². The van der Waals surface area contributed by atoms with E-state index >= 15 is 0 Å². The van der Waals surface area contributed by atoms with Gasteiger partial charge in [0.15, 0.2) is 0 Å². The predicted molar refractivity (Wildman–Crippen MR) is 122 cm³/mol. The second-order valence-corrected chi connectivity index (χ2v) is 9.85. The molecule has 2 heteroatoms. The van der Waals surface area contributed by atoms with Crippen molar-refractivity contribution in [2.24, 2.45) is 17.8 Å². The van der Waals surface area contributed by atoms with Gasteiger partial charge in [0, 0.05) is 5.92 Å². The molecule has 166 valence electrons. The Morgan fingerprint density at radius 1 is 0.767 bits per heavy atom. The summed E-state index contributed by atoms with van der Waals surface area (Å²) in [4.78, 5) is 0. The monoisotopic (exact) mass is 414 g/mol. The third-order valence-electron chi connectivity index (χ3n) is 7.56. The van der Waals surface area contributed by atoms with Crippen LogP contribution in [0.25, 0.3) is 0 Å². The normalized spacial score (nSPS) is 26.8. The Balaban J connectivity index is 1.57. The van der Waals surface area contributed by atoms with Crippen molar-refractivity contribution in [3.63, 3.8) is 0 Å². The van der Waals surface area contributed by atoms with Crippen LogP contribution in [0.5, 0.6) is 0 Å². The molecule has 0 bridgehead atoms. The van der Waals surface area contributed by atoms with Crippen molar-refractivity contribution in [1.29, 1.82) is 0 Å². The van der Waals surface area contributed by atoms with Crippen LogP contribution in [0, 0.1) is 41.2 Å². The van der Waals surface area contributed by atoms with Crippen LogP contribution in [0.2, 0.25) is 0 Å². The first kappa shape index (κ1) is 23.3. The van der Waals surface area contributed by atoms with Crippen LogP contribution in [-0.2, 0) is 0 Å². The SMILES string of the molecule is CCCCC1CCC(C#Cc2c(F)cc([C@H]3CC[C@H](CCCC)CC3)cc2F)CC1. The summed E-state index contributed by atoms with van der Waals surface area (Å²) in [6.07, 6.45) is 16.8. The molecule has 2 saturated carbocycles. The van der Waals surface area contributed by atoms with E-state index in [0.717, 1.165) is 43.1 Å². The molecule has 0 aromatic heterocycles. The molecule has 30 heavy (non-hydrogen) atoms. The molecule has 1 aromatic carbocycles. The molecule has 2 aliphatic carbocycles. The molecule has 0 saturated heterocycles. The van der Waals surface area contributed by atoms with Crippen LogP contribution in [0.3, 0.4) is 0 Å². The molecule has 0 spiro atoms. The van der Waals surface area contributed by atoms with E-state index in [2.05, 4.69) is 25.7 Å². The van der Waals surface area contributed by atoms with Crippen molar-refractivity contribution in [2.45, 2.75) is 110 Å². The van der Waals surface area contributed by atoms with Crippen LogP contribution in [0.4, 0.5) is 8.78 Å². The molecule has 0 aliphatic heterocycles. The molecule has 0 radical (unpaired) electrons. The van der Waals surface area contributed by atoms with E-state index in [1.54, 1.807) is 12.1 Å². The molecular weight excluding hydrogens is 374 g/mol. The van der Waals surface area contributed by atoms with E-state index in [-0.39, 0.29) is 5.56 Å². The van der Waals surface area contributed by atoms with Gasteiger partial charge in [-0.05, 0) is 86.8 Å². The van der Waals surface area contributed by atoms with Gasteiger partial charge in [-0.15, -0.1) is 0 Å². The van der Waals surface area contributed by atoms with Gasteiger partial charge in [-0.25, -0.2) is 8.78 Å². The molecule has 0 unspecified atom stereocenters. The second-order valence-electron chi connectivity index (χ2n) is 9.85. The Morgan fingerprint density at radius 3 is 1.77 bits per heavy atom. The molecule has 0 heterocycles. The van der Waals surface area contributed by atoms with E-state index in [1.807, 2.05) is 0 Å². The zero-order valence-corrected chi connectivity index (χ0v) is 19.1.